The molecule has 2 aliphatic rings. The Morgan fingerprint density at radius 1 is 1.17 bits per heavy atom. The molecule has 1 aromatic rings. The van der Waals surface area contributed by atoms with E-state index in [1.54, 1.807) is 0 Å². The van der Waals surface area contributed by atoms with Crippen molar-refractivity contribution in [2.45, 2.75) is 31.8 Å². The van der Waals surface area contributed by atoms with Crippen LogP contribution < -0.4 is 10.6 Å². The van der Waals surface area contributed by atoms with Crippen LogP contribution in [-0.2, 0) is 11.2 Å². The Labute approximate surface area is 144 Å². The summed E-state index contributed by atoms with van der Waals surface area (Å²) in [6.45, 7) is 5.54. The van der Waals surface area contributed by atoms with Gasteiger partial charge < -0.3 is 20.3 Å². The van der Waals surface area contributed by atoms with E-state index >= 15 is 0 Å². The van der Waals surface area contributed by atoms with Gasteiger partial charge in [0, 0.05) is 32.8 Å². The number of nitrogens with one attached hydrogen (secondary N) is 2. The summed E-state index contributed by atoms with van der Waals surface area (Å²) < 4.78 is 5.51. The standard InChI is InChI=1S/C19H29N3O2/c23-19(21-14-18-7-4-12-24-18)20-13-17-9-11-22(15-17)10-8-16-5-2-1-3-6-16/h1-3,5-6,17-18H,4,7-15H2,(H2,20,21,23)/t17-,18+/m0/s1. The molecule has 5 heteroatoms. The van der Waals surface area contributed by atoms with Crippen molar-refractivity contribution < 1.29 is 9.53 Å². The first kappa shape index (κ1) is 17.2. The minimum Gasteiger partial charge on any atom is -0.376 e. The molecule has 2 atom stereocenters. The summed E-state index contributed by atoms with van der Waals surface area (Å²) in [6.07, 6.45) is 4.63. The van der Waals surface area contributed by atoms with Gasteiger partial charge in [0.2, 0.25) is 0 Å². The van der Waals surface area contributed by atoms with Gasteiger partial charge >= 0.3 is 6.03 Å². The molecule has 2 aliphatic heterocycles. The minimum absolute atomic E-state index is 0.0618. The summed E-state index contributed by atoms with van der Waals surface area (Å²) in [5.74, 6) is 0.564. The lowest BCUT2D eigenvalue weighted by molar-refractivity contribution is 0.111. The van der Waals surface area contributed by atoms with Crippen LogP contribution in [0.2, 0.25) is 0 Å². The zero-order chi connectivity index (χ0) is 16.6. The van der Waals surface area contributed by atoms with Gasteiger partial charge in [0.1, 0.15) is 0 Å². The third-order valence-electron chi connectivity index (χ3n) is 5.00. The number of hydrogen-bond acceptors (Lipinski definition) is 3. The Hall–Kier alpha value is -1.59. The highest BCUT2D eigenvalue weighted by Crippen LogP contribution is 2.16. The third-order valence-corrected chi connectivity index (χ3v) is 5.00. The first-order valence-electron chi connectivity index (χ1n) is 9.19. The lowest BCUT2D eigenvalue weighted by atomic mass is 10.1. The van der Waals surface area contributed by atoms with E-state index in [0.717, 1.165) is 52.0 Å². The van der Waals surface area contributed by atoms with Crippen LogP contribution in [0.3, 0.4) is 0 Å². The van der Waals surface area contributed by atoms with E-state index in [4.69, 9.17) is 4.74 Å². The van der Waals surface area contributed by atoms with Crippen molar-refractivity contribution in [1.82, 2.24) is 15.5 Å². The number of rotatable bonds is 7. The van der Waals surface area contributed by atoms with Crippen LogP contribution in [0.25, 0.3) is 0 Å². The van der Waals surface area contributed by atoms with Crippen LogP contribution in [0.5, 0.6) is 0 Å². The Morgan fingerprint density at radius 3 is 2.79 bits per heavy atom. The number of carbonyl (C=O) groups is 1. The van der Waals surface area contributed by atoms with Gasteiger partial charge in [-0.15, -0.1) is 0 Å². The Kier molecular flexibility index (Phi) is 6.49. The number of ether oxygens (including phenoxy) is 1. The second-order valence-corrected chi connectivity index (χ2v) is 6.92. The fourth-order valence-electron chi connectivity index (χ4n) is 3.53. The lowest BCUT2D eigenvalue weighted by Crippen LogP contribution is -2.41. The van der Waals surface area contributed by atoms with E-state index < -0.39 is 0 Å². The van der Waals surface area contributed by atoms with Gasteiger partial charge in [0.05, 0.1) is 6.10 Å². The van der Waals surface area contributed by atoms with Gasteiger partial charge in [-0.25, -0.2) is 4.79 Å². The summed E-state index contributed by atoms with van der Waals surface area (Å²) in [5.41, 5.74) is 1.40. The molecule has 2 N–H and O–H groups in total. The number of benzene rings is 1. The van der Waals surface area contributed by atoms with Crippen molar-refractivity contribution in [3.63, 3.8) is 0 Å². The maximum Gasteiger partial charge on any atom is 0.314 e. The molecule has 0 spiro atoms. The number of hydrogen-bond donors (Lipinski definition) is 2. The van der Waals surface area contributed by atoms with Crippen molar-refractivity contribution in [1.29, 1.82) is 0 Å². The predicted octanol–water partition coefficient (Wildman–Crippen LogP) is 2.03. The van der Waals surface area contributed by atoms with Gasteiger partial charge in [-0.1, -0.05) is 30.3 Å². The van der Waals surface area contributed by atoms with Gasteiger partial charge in [0.25, 0.3) is 0 Å². The Bertz CT molecular complexity index is 503. The van der Waals surface area contributed by atoms with Crippen LogP contribution in [0, 0.1) is 5.92 Å². The van der Waals surface area contributed by atoms with Crippen LogP contribution >= 0.6 is 0 Å². The van der Waals surface area contributed by atoms with Gasteiger partial charge in [0.15, 0.2) is 0 Å². The van der Waals surface area contributed by atoms with Crippen molar-refractivity contribution >= 4 is 6.03 Å². The molecule has 0 aromatic heterocycles. The molecule has 0 unspecified atom stereocenters. The average Bonchev–Trinajstić information content (AvgIpc) is 3.29. The fourth-order valence-corrected chi connectivity index (χ4v) is 3.53. The van der Waals surface area contributed by atoms with Crippen molar-refractivity contribution in [2.24, 2.45) is 5.92 Å². The highest BCUT2D eigenvalue weighted by molar-refractivity contribution is 5.73. The first-order chi connectivity index (χ1) is 11.8. The largest absolute Gasteiger partial charge is 0.376 e. The molecular weight excluding hydrogens is 302 g/mol. The quantitative estimate of drug-likeness (QED) is 0.804. The van der Waals surface area contributed by atoms with E-state index in [9.17, 15) is 4.79 Å². The highest BCUT2D eigenvalue weighted by Gasteiger charge is 2.22. The molecule has 3 rings (SSSR count). The molecule has 2 heterocycles. The number of carbonyl (C=O) groups excluding carboxylic acids is 1. The molecule has 5 nitrogen and oxygen atoms in total. The number of amides is 2. The second-order valence-electron chi connectivity index (χ2n) is 6.92. The number of nitrogens with zero attached hydrogens (tertiary/aromatic N) is 1. The molecule has 0 aliphatic carbocycles. The number of likely N-dealkylation sites (tertiary alicyclic amines) is 1. The smallest absolute Gasteiger partial charge is 0.314 e. The van der Waals surface area contributed by atoms with Gasteiger partial charge in [-0.05, 0) is 43.7 Å². The van der Waals surface area contributed by atoms with Gasteiger partial charge in [-0.3, -0.25) is 0 Å². The van der Waals surface area contributed by atoms with Crippen LogP contribution in [0.1, 0.15) is 24.8 Å². The molecule has 0 bridgehead atoms. The average molecular weight is 331 g/mol. The molecule has 132 valence electrons. The Balaban J connectivity index is 1.27. The molecule has 24 heavy (non-hydrogen) atoms. The molecule has 0 radical (unpaired) electrons. The maximum absolute atomic E-state index is 11.9. The van der Waals surface area contributed by atoms with Crippen molar-refractivity contribution in [3.05, 3.63) is 35.9 Å². The molecule has 2 saturated heterocycles. The third kappa shape index (κ3) is 5.49. The zero-order valence-electron chi connectivity index (χ0n) is 14.4. The van der Waals surface area contributed by atoms with Crippen LogP contribution in [-0.4, -0.2) is 56.4 Å². The maximum atomic E-state index is 11.9. The summed E-state index contributed by atoms with van der Waals surface area (Å²) >= 11 is 0. The fraction of sp³-hybridized carbons (Fsp3) is 0.632. The first-order valence-corrected chi connectivity index (χ1v) is 9.19. The zero-order valence-corrected chi connectivity index (χ0v) is 14.4. The van der Waals surface area contributed by atoms with E-state index in [1.165, 1.54) is 12.0 Å². The van der Waals surface area contributed by atoms with Gasteiger partial charge in [-0.2, -0.15) is 0 Å². The Morgan fingerprint density at radius 2 is 2.00 bits per heavy atom. The normalized spacial score (nSPS) is 24.2. The van der Waals surface area contributed by atoms with E-state index in [2.05, 4.69) is 45.9 Å². The van der Waals surface area contributed by atoms with E-state index in [-0.39, 0.29) is 12.1 Å². The molecular formula is C19H29N3O2. The summed E-state index contributed by atoms with van der Waals surface area (Å²) in [7, 11) is 0. The van der Waals surface area contributed by atoms with Crippen molar-refractivity contribution in [3.8, 4) is 0 Å². The second kappa shape index (κ2) is 9.04. The summed E-state index contributed by atoms with van der Waals surface area (Å²) in [5, 5.41) is 5.93. The summed E-state index contributed by atoms with van der Waals surface area (Å²) in [6, 6.07) is 10.6. The monoisotopic (exact) mass is 331 g/mol. The molecule has 1 aromatic carbocycles. The highest BCUT2D eigenvalue weighted by atomic mass is 16.5. The molecule has 2 fully saturated rings. The van der Waals surface area contributed by atoms with Crippen LogP contribution in [0.4, 0.5) is 4.79 Å². The van der Waals surface area contributed by atoms with Crippen LogP contribution in [0.15, 0.2) is 30.3 Å². The molecule has 0 saturated carbocycles. The lowest BCUT2D eigenvalue weighted by Gasteiger charge is -2.17. The predicted molar refractivity (Wildman–Crippen MR) is 95.1 cm³/mol. The topological polar surface area (TPSA) is 53.6 Å². The van der Waals surface area contributed by atoms with Crippen molar-refractivity contribution in [2.75, 3.05) is 39.3 Å². The van der Waals surface area contributed by atoms with E-state index in [1.807, 2.05) is 0 Å². The van der Waals surface area contributed by atoms with E-state index in [0.29, 0.717) is 12.5 Å². The number of urea groups is 1. The summed E-state index contributed by atoms with van der Waals surface area (Å²) in [4.78, 5) is 14.4. The minimum atomic E-state index is -0.0618. The molecule has 2 amide bonds. The SMILES string of the molecule is O=C(NC[C@@H]1CCN(CCc2ccccc2)C1)NC[C@H]1CCCO1.